The summed E-state index contributed by atoms with van der Waals surface area (Å²) >= 11 is 0. The van der Waals surface area contributed by atoms with Gasteiger partial charge in [-0.2, -0.15) is 0 Å². The third-order valence-corrected chi connectivity index (χ3v) is 5.06. The van der Waals surface area contributed by atoms with Crippen LogP contribution in [0.5, 0.6) is 0 Å². The molecule has 1 amide bonds. The third-order valence-electron chi connectivity index (χ3n) is 5.06. The third kappa shape index (κ3) is 4.50. The molecular formula is C21H28N2O4. The summed E-state index contributed by atoms with van der Waals surface area (Å²) in [5, 5.41) is 10.2. The second kappa shape index (κ2) is 7.72. The smallest absolute Gasteiger partial charge is 0.410 e. The van der Waals surface area contributed by atoms with E-state index in [2.05, 4.69) is 4.98 Å². The van der Waals surface area contributed by atoms with Crippen LogP contribution in [0.15, 0.2) is 34.7 Å². The first kappa shape index (κ1) is 19.4. The molecule has 1 aromatic carbocycles. The van der Waals surface area contributed by atoms with Crippen LogP contribution >= 0.6 is 0 Å². The molecule has 1 aliphatic heterocycles. The quantitative estimate of drug-likeness (QED) is 0.874. The number of carbonyl (C=O) groups is 1. The summed E-state index contributed by atoms with van der Waals surface area (Å²) in [7, 11) is 0. The Morgan fingerprint density at radius 1 is 1.33 bits per heavy atom. The maximum atomic E-state index is 12.6. The van der Waals surface area contributed by atoms with Crippen molar-refractivity contribution in [1.29, 1.82) is 0 Å². The zero-order valence-corrected chi connectivity index (χ0v) is 16.4. The lowest BCUT2D eigenvalue weighted by Crippen LogP contribution is -2.45. The van der Waals surface area contributed by atoms with Gasteiger partial charge in [0.25, 0.3) is 0 Å². The summed E-state index contributed by atoms with van der Waals surface area (Å²) < 4.78 is 11.3. The number of amides is 1. The van der Waals surface area contributed by atoms with Crippen molar-refractivity contribution in [3.63, 3.8) is 0 Å². The van der Waals surface area contributed by atoms with Crippen LogP contribution in [-0.2, 0) is 16.9 Å². The van der Waals surface area contributed by atoms with Crippen molar-refractivity contribution < 1.29 is 19.1 Å². The van der Waals surface area contributed by atoms with Gasteiger partial charge in [-0.25, -0.2) is 9.78 Å². The monoisotopic (exact) mass is 372 g/mol. The second-order valence-corrected chi connectivity index (χ2v) is 7.83. The van der Waals surface area contributed by atoms with Gasteiger partial charge in [0.1, 0.15) is 23.7 Å². The predicted molar refractivity (Wildman–Crippen MR) is 101 cm³/mol. The number of aryl methyl sites for hydroxylation is 1. The Morgan fingerprint density at radius 2 is 2.04 bits per heavy atom. The van der Waals surface area contributed by atoms with Crippen LogP contribution in [0, 0.1) is 6.92 Å². The number of hydrogen-bond acceptors (Lipinski definition) is 5. The van der Waals surface area contributed by atoms with Gasteiger partial charge in [-0.1, -0.05) is 30.3 Å². The van der Waals surface area contributed by atoms with Crippen molar-refractivity contribution in [1.82, 2.24) is 9.88 Å². The lowest BCUT2D eigenvalue weighted by atomic mass is 9.93. The van der Waals surface area contributed by atoms with Gasteiger partial charge in [-0.3, -0.25) is 0 Å². The number of ether oxygens (including phenoxy) is 1. The van der Waals surface area contributed by atoms with E-state index in [9.17, 15) is 9.90 Å². The summed E-state index contributed by atoms with van der Waals surface area (Å²) in [5.74, 6) is 1.20. The number of benzene rings is 1. The molecule has 3 rings (SSSR count). The van der Waals surface area contributed by atoms with Crippen LogP contribution in [0.3, 0.4) is 0 Å². The average Bonchev–Trinajstić information content (AvgIpc) is 3.03. The largest absolute Gasteiger partial charge is 0.445 e. The Kier molecular flexibility index (Phi) is 5.56. The van der Waals surface area contributed by atoms with E-state index in [1.165, 1.54) is 0 Å². The van der Waals surface area contributed by atoms with E-state index in [-0.39, 0.29) is 24.7 Å². The molecule has 1 fully saturated rings. The van der Waals surface area contributed by atoms with Crippen LogP contribution in [0.25, 0.3) is 0 Å². The fourth-order valence-corrected chi connectivity index (χ4v) is 3.52. The van der Waals surface area contributed by atoms with Gasteiger partial charge in [0.15, 0.2) is 5.89 Å². The molecule has 1 N–H and O–H groups in total. The molecule has 0 unspecified atom stereocenters. The molecule has 6 heteroatoms. The SMILES string of the molecule is Cc1oc([C@@H]2CC[C@@H](C)N(C(=O)OCc3ccccc3)C2)nc1C(C)(C)O. The highest BCUT2D eigenvalue weighted by Gasteiger charge is 2.35. The van der Waals surface area contributed by atoms with E-state index in [4.69, 9.17) is 9.15 Å². The fourth-order valence-electron chi connectivity index (χ4n) is 3.52. The molecule has 2 atom stereocenters. The number of likely N-dealkylation sites (tertiary alicyclic amines) is 1. The standard InChI is InChI=1S/C21H28N2O4/c1-14-10-11-17(19-22-18(15(2)27-19)21(3,4)25)12-23(14)20(24)26-13-16-8-6-5-7-9-16/h5-9,14,17,25H,10-13H2,1-4H3/t14-,17-/m1/s1. The van der Waals surface area contributed by atoms with E-state index in [1.807, 2.05) is 37.3 Å². The molecule has 1 aromatic heterocycles. The van der Waals surface area contributed by atoms with Crippen LogP contribution in [0.1, 0.15) is 62.4 Å². The fraction of sp³-hybridized carbons (Fsp3) is 0.524. The minimum absolute atomic E-state index is 0.000255. The Balaban J connectivity index is 1.68. The van der Waals surface area contributed by atoms with Crippen LogP contribution < -0.4 is 0 Å². The molecule has 1 aliphatic rings. The van der Waals surface area contributed by atoms with Gasteiger partial charge in [-0.05, 0) is 46.1 Å². The number of aliphatic hydroxyl groups is 1. The summed E-state index contributed by atoms with van der Waals surface area (Å²) in [6.07, 6.45) is 1.42. The van der Waals surface area contributed by atoms with Crippen molar-refractivity contribution in [3.05, 3.63) is 53.2 Å². The first-order chi connectivity index (χ1) is 12.8. The summed E-state index contributed by atoms with van der Waals surface area (Å²) in [6.45, 7) is 7.98. The number of piperidine rings is 1. The summed E-state index contributed by atoms with van der Waals surface area (Å²) in [5.41, 5.74) is 0.460. The van der Waals surface area contributed by atoms with Crippen LogP contribution in [0.2, 0.25) is 0 Å². The Labute approximate surface area is 160 Å². The van der Waals surface area contributed by atoms with Gasteiger partial charge in [0.2, 0.25) is 0 Å². The highest BCUT2D eigenvalue weighted by Crippen LogP contribution is 2.33. The summed E-state index contributed by atoms with van der Waals surface area (Å²) in [6, 6.07) is 9.76. The van der Waals surface area contributed by atoms with Gasteiger partial charge in [0, 0.05) is 12.6 Å². The van der Waals surface area contributed by atoms with Crippen LogP contribution in [-0.4, -0.2) is 33.7 Å². The van der Waals surface area contributed by atoms with Crippen molar-refractivity contribution in [2.75, 3.05) is 6.54 Å². The van der Waals surface area contributed by atoms with Crippen molar-refractivity contribution >= 4 is 6.09 Å². The number of rotatable bonds is 4. The second-order valence-electron chi connectivity index (χ2n) is 7.83. The lowest BCUT2D eigenvalue weighted by molar-refractivity contribution is 0.0646. The minimum Gasteiger partial charge on any atom is -0.445 e. The molecule has 6 nitrogen and oxygen atoms in total. The first-order valence-corrected chi connectivity index (χ1v) is 9.43. The van der Waals surface area contributed by atoms with Gasteiger partial charge < -0.3 is 19.2 Å². The average molecular weight is 372 g/mol. The molecular weight excluding hydrogens is 344 g/mol. The van der Waals surface area contributed by atoms with Crippen LogP contribution in [0.4, 0.5) is 4.79 Å². The Hall–Kier alpha value is -2.34. The lowest BCUT2D eigenvalue weighted by Gasteiger charge is -2.36. The molecule has 0 saturated carbocycles. The Morgan fingerprint density at radius 3 is 2.67 bits per heavy atom. The molecule has 0 aliphatic carbocycles. The molecule has 0 spiro atoms. The van der Waals surface area contributed by atoms with Crippen molar-refractivity contribution in [2.24, 2.45) is 0 Å². The van der Waals surface area contributed by atoms with E-state index >= 15 is 0 Å². The number of hydrogen-bond donors (Lipinski definition) is 1. The van der Waals surface area contributed by atoms with E-state index in [1.54, 1.807) is 25.7 Å². The molecule has 27 heavy (non-hydrogen) atoms. The number of carbonyl (C=O) groups excluding carboxylic acids is 1. The first-order valence-electron chi connectivity index (χ1n) is 9.43. The highest BCUT2D eigenvalue weighted by molar-refractivity contribution is 5.68. The Bertz CT molecular complexity index is 779. The summed E-state index contributed by atoms with van der Waals surface area (Å²) in [4.78, 5) is 18.9. The van der Waals surface area contributed by atoms with Gasteiger partial charge in [-0.15, -0.1) is 0 Å². The van der Waals surface area contributed by atoms with E-state index in [0.717, 1.165) is 18.4 Å². The predicted octanol–water partition coefficient (Wildman–Crippen LogP) is 4.12. The van der Waals surface area contributed by atoms with Crippen molar-refractivity contribution in [3.8, 4) is 0 Å². The van der Waals surface area contributed by atoms with Gasteiger partial charge >= 0.3 is 6.09 Å². The topological polar surface area (TPSA) is 75.8 Å². The normalized spacial score (nSPS) is 20.6. The van der Waals surface area contributed by atoms with Gasteiger partial charge in [0.05, 0.1) is 5.92 Å². The maximum Gasteiger partial charge on any atom is 0.410 e. The zero-order valence-electron chi connectivity index (χ0n) is 16.4. The van der Waals surface area contributed by atoms with E-state index < -0.39 is 5.60 Å². The number of nitrogens with zero attached hydrogens (tertiary/aromatic N) is 2. The minimum atomic E-state index is -1.05. The molecule has 0 radical (unpaired) electrons. The number of aromatic nitrogens is 1. The highest BCUT2D eigenvalue weighted by atomic mass is 16.6. The molecule has 0 bridgehead atoms. The van der Waals surface area contributed by atoms with E-state index in [0.29, 0.717) is 23.9 Å². The molecule has 2 heterocycles. The van der Waals surface area contributed by atoms with Crippen molar-refractivity contribution in [2.45, 2.75) is 64.7 Å². The zero-order chi connectivity index (χ0) is 19.6. The maximum absolute atomic E-state index is 12.6. The number of oxazole rings is 1. The molecule has 146 valence electrons. The molecule has 2 aromatic rings. The molecule has 1 saturated heterocycles.